The lowest BCUT2D eigenvalue weighted by molar-refractivity contribution is -0.384. The van der Waals surface area contributed by atoms with Gasteiger partial charge in [-0.05, 0) is 36.7 Å². The van der Waals surface area contributed by atoms with Gasteiger partial charge in [-0.2, -0.15) is 8.42 Å². The molecular formula is C13H15N3O5S3. The number of nitro benzene ring substituents is 1. The molecule has 2 rings (SSSR count). The maximum Gasteiger partial charge on any atom is 0.325 e. The molecule has 130 valence electrons. The highest BCUT2D eigenvalue weighted by Crippen LogP contribution is 2.23. The van der Waals surface area contributed by atoms with E-state index in [1.165, 1.54) is 24.3 Å². The van der Waals surface area contributed by atoms with Crippen molar-refractivity contribution in [3.63, 3.8) is 0 Å². The number of nitrogens with zero attached hydrogens (tertiary/aromatic N) is 3. The molecule has 24 heavy (non-hydrogen) atoms. The van der Waals surface area contributed by atoms with E-state index in [0.29, 0.717) is 9.88 Å². The average Bonchev–Trinajstić information content (AvgIpc) is 3.05. The Balaban J connectivity index is 2.24. The first-order chi connectivity index (χ1) is 11.3. The zero-order valence-corrected chi connectivity index (χ0v) is 15.2. The Kier molecular flexibility index (Phi) is 6.13. The minimum atomic E-state index is -3.77. The van der Waals surface area contributed by atoms with Gasteiger partial charge < -0.3 is 4.90 Å². The quantitative estimate of drug-likeness (QED) is 0.254. The van der Waals surface area contributed by atoms with E-state index in [9.17, 15) is 18.5 Å². The molecule has 0 bridgehead atoms. The van der Waals surface area contributed by atoms with Gasteiger partial charge in [0.05, 0.1) is 11.2 Å². The first-order valence-corrected chi connectivity index (χ1v) is 9.98. The highest BCUT2D eigenvalue weighted by Gasteiger charge is 2.19. The third-order valence-electron chi connectivity index (χ3n) is 3.13. The number of thiocarbonyl (C=S) groups is 1. The predicted octanol–water partition coefficient (Wildman–Crippen LogP) is 2.35. The zero-order valence-electron chi connectivity index (χ0n) is 12.7. The number of benzene rings is 1. The van der Waals surface area contributed by atoms with Gasteiger partial charge in [-0.1, -0.05) is 17.4 Å². The molecule has 1 aromatic rings. The van der Waals surface area contributed by atoms with E-state index < -0.39 is 15.0 Å². The molecule has 0 N–H and O–H groups in total. The molecular weight excluding hydrogens is 374 g/mol. The molecule has 0 saturated carbocycles. The molecule has 1 heterocycles. The van der Waals surface area contributed by atoms with Crippen molar-refractivity contribution >= 4 is 49.1 Å². The number of non-ortho nitro benzene ring substituents is 1. The van der Waals surface area contributed by atoms with Crippen LogP contribution in [0, 0.1) is 10.1 Å². The lowest BCUT2D eigenvalue weighted by Gasteiger charge is -2.17. The largest absolute Gasteiger partial charge is 0.357 e. The van der Waals surface area contributed by atoms with Crippen molar-refractivity contribution in [2.45, 2.75) is 12.8 Å². The molecule has 0 unspecified atom stereocenters. The number of nitro groups is 1. The highest BCUT2D eigenvalue weighted by atomic mass is 32.2. The molecule has 0 radical (unpaired) electrons. The van der Waals surface area contributed by atoms with Crippen LogP contribution in [-0.2, 0) is 14.4 Å². The zero-order chi connectivity index (χ0) is 17.7. The number of thioether (sulfide) groups is 1. The SMILES string of the molecule is CS(=O)(=O)O/N=C(\SC(=S)N1CCCC1)c1ccc([N+](=O)[O-])cc1. The lowest BCUT2D eigenvalue weighted by Crippen LogP contribution is -2.24. The van der Waals surface area contributed by atoms with E-state index >= 15 is 0 Å². The lowest BCUT2D eigenvalue weighted by atomic mass is 10.2. The summed E-state index contributed by atoms with van der Waals surface area (Å²) in [6, 6.07) is 5.57. The van der Waals surface area contributed by atoms with Crippen LogP contribution in [0.4, 0.5) is 5.69 Å². The fourth-order valence-electron chi connectivity index (χ4n) is 2.00. The summed E-state index contributed by atoms with van der Waals surface area (Å²) >= 11 is 6.46. The van der Waals surface area contributed by atoms with Crippen molar-refractivity contribution in [1.29, 1.82) is 0 Å². The maximum absolute atomic E-state index is 11.2. The van der Waals surface area contributed by atoms with Crippen LogP contribution in [0.3, 0.4) is 0 Å². The van der Waals surface area contributed by atoms with Crippen LogP contribution in [0.15, 0.2) is 29.4 Å². The Labute approximate surface area is 149 Å². The van der Waals surface area contributed by atoms with E-state index in [2.05, 4.69) is 9.44 Å². The summed E-state index contributed by atoms with van der Waals surface area (Å²) in [5.41, 5.74) is 0.407. The van der Waals surface area contributed by atoms with E-state index in [-0.39, 0.29) is 10.7 Å². The second-order valence-electron chi connectivity index (χ2n) is 5.04. The third-order valence-corrected chi connectivity index (χ3v) is 4.92. The number of hydrogen-bond acceptors (Lipinski definition) is 8. The molecule has 0 aliphatic carbocycles. The molecule has 1 aliphatic heterocycles. The topological polar surface area (TPSA) is 102 Å². The van der Waals surface area contributed by atoms with E-state index in [0.717, 1.165) is 43.9 Å². The summed E-state index contributed by atoms with van der Waals surface area (Å²) in [7, 11) is -3.77. The Morgan fingerprint density at radius 1 is 1.33 bits per heavy atom. The molecule has 0 spiro atoms. The Morgan fingerprint density at radius 3 is 2.42 bits per heavy atom. The van der Waals surface area contributed by atoms with Gasteiger partial charge in [0.1, 0.15) is 4.32 Å². The molecule has 1 aliphatic rings. The Hall–Kier alpha value is -1.72. The van der Waals surface area contributed by atoms with E-state index in [4.69, 9.17) is 12.2 Å². The number of likely N-dealkylation sites (tertiary alicyclic amines) is 1. The fraction of sp³-hybridized carbons (Fsp3) is 0.385. The standard InChI is InChI=1S/C13H15N3O5S3/c1-24(19,20)21-14-12(23-13(22)15-8-2-3-9-15)10-4-6-11(7-5-10)16(17)18/h4-7H,2-3,8-9H2,1H3/b14-12-. The summed E-state index contributed by atoms with van der Waals surface area (Å²) in [4.78, 5) is 12.2. The van der Waals surface area contributed by atoms with Gasteiger partial charge in [-0.25, -0.2) is 0 Å². The van der Waals surface area contributed by atoms with Crippen molar-refractivity contribution in [3.05, 3.63) is 39.9 Å². The highest BCUT2D eigenvalue weighted by molar-refractivity contribution is 8.33. The minimum Gasteiger partial charge on any atom is -0.357 e. The second kappa shape index (κ2) is 7.90. The van der Waals surface area contributed by atoms with Gasteiger partial charge in [0.25, 0.3) is 5.69 Å². The van der Waals surface area contributed by atoms with Crippen LogP contribution < -0.4 is 0 Å². The maximum atomic E-state index is 11.2. The molecule has 0 aromatic heterocycles. The van der Waals surface area contributed by atoms with Crippen molar-refractivity contribution in [3.8, 4) is 0 Å². The van der Waals surface area contributed by atoms with Crippen LogP contribution in [0.25, 0.3) is 0 Å². The summed E-state index contributed by atoms with van der Waals surface area (Å²) in [6.45, 7) is 1.68. The fourth-order valence-corrected chi connectivity index (χ4v) is 3.49. The van der Waals surface area contributed by atoms with Gasteiger partial charge in [0, 0.05) is 30.8 Å². The molecule has 8 nitrogen and oxygen atoms in total. The van der Waals surface area contributed by atoms with E-state index in [1.807, 2.05) is 4.90 Å². The van der Waals surface area contributed by atoms with Crippen LogP contribution in [-0.4, -0.2) is 47.0 Å². The minimum absolute atomic E-state index is 0.0748. The summed E-state index contributed by atoms with van der Waals surface area (Å²) in [5.74, 6) is 0. The van der Waals surface area contributed by atoms with Gasteiger partial charge in [-0.15, -0.1) is 0 Å². The first-order valence-electron chi connectivity index (χ1n) is 6.94. The van der Waals surface area contributed by atoms with Crippen LogP contribution in [0.5, 0.6) is 0 Å². The molecule has 11 heteroatoms. The predicted molar refractivity (Wildman–Crippen MR) is 96.6 cm³/mol. The van der Waals surface area contributed by atoms with Crippen LogP contribution in [0.2, 0.25) is 0 Å². The average molecular weight is 389 g/mol. The second-order valence-corrected chi connectivity index (χ2v) is 8.22. The number of hydrogen-bond donors (Lipinski definition) is 0. The monoisotopic (exact) mass is 389 g/mol. The van der Waals surface area contributed by atoms with Crippen LogP contribution in [0.1, 0.15) is 18.4 Å². The Morgan fingerprint density at radius 2 is 1.92 bits per heavy atom. The smallest absolute Gasteiger partial charge is 0.325 e. The van der Waals surface area contributed by atoms with Crippen molar-refractivity contribution in [2.75, 3.05) is 19.3 Å². The van der Waals surface area contributed by atoms with Gasteiger partial charge in [-0.3, -0.25) is 14.4 Å². The summed E-state index contributed by atoms with van der Waals surface area (Å²) in [5, 5.41) is 14.6. The van der Waals surface area contributed by atoms with Gasteiger partial charge >= 0.3 is 10.1 Å². The summed E-state index contributed by atoms with van der Waals surface area (Å²) in [6.07, 6.45) is 2.97. The third kappa shape index (κ3) is 5.42. The molecule has 1 fully saturated rings. The number of oxime groups is 1. The van der Waals surface area contributed by atoms with Crippen molar-refractivity contribution in [2.24, 2.45) is 5.16 Å². The van der Waals surface area contributed by atoms with E-state index in [1.54, 1.807) is 0 Å². The normalized spacial score (nSPS) is 15.4. The Bertz CT molecular complexity index is 756. The summed E-state index contributed by atoms with van der Waals surface area (Å²) < 4.78 is 27.4. The van der Waals surface area contributed by atoms with Gasteiger partial charge in [0.2, 0.25) is 0 Å². The molecule has 1 aromatic carbocycles. The number of rotatable bonds is 4. The van der Waals surface area contributed by atoms with Crippen molar-refractivity contribution in [1.82, 2.24) is 4.90 Å². The first kappa shape index (κ1) is 18.6. The molecule has 0 atom stereocenters. The van der Waals surface area contributed by atoms with Crippen molar-refractivity contribution < 1.29 is 17.6 Å². The van der Waals surface area contributed by atoms with Crippen LogP contribution >= 0.6 is 24.0 Å². The molecule has 1 saturated heterocycles. The molecule has 0 amide bonds. The van der Waals surface area contributed by atoms with Gasteiger partial charge in [0.15, 0.2) is 5.04 Å².